The van der Waals surface area contributed by atoms with E-state index in [9.17, 15) is 5.11 Å². The van der Waals surface area contributed by atoms with E-state index in [1.807, 2.05) is 24.4 Å². The number of H-pyrrole nitrogens is 1. The van der Waals surface area contributed by atoms with Crippen molar-refractivity contribution in [1.82, 2.24) is 4.98 Å². The number of hydrogen-bond acceptors (Lipinski definition) is 3. The van der Waals surface area contributed by atoms with Crippen LogP contribution >= 0.6 is 11.3 Å². The average molecular weight is 204 g/mol. The quantitative estimate of drug-likeness (QED) is 0.527. The van der Waals surface area contributed by atoms with Gasteiger partial charge in [0, 0.05) is 27.2 Å². The van der Waals surface area contributed by atoms with Crippen molar-refractivity contribution in [3.63, 3.8) is 0 Å². The van der Waals surface area contributed by atoms with Gasteiger partial charge in [-0.1, -0.05) is 0 Å². The number of hydrogen-bond donors (Lipinski definition) is 3. The van der Waals surface area contributed by atoms with Gasteiger partial charge in [-0.3, -0.25) is 0 Å². The molecule has 0 radical (unpaired) electrons. The number of anilines is 1. The second kappa shape index (κ2) is 2.42. The summed E-state index contributed by atoms with van der Waals surface area (Å²) in [5.74, 6) is 0.202. The van der Waals surface area contributed by atoms with Crippen molar-refractivity contribution in [3.05, 3.63) is 24.4 Å². The number of rotatable bonds is 0. The van der Waals surface area contributed by atoms with Crippen LogP contribution in [0.5, 0.6) is 5.75 Å². The lowest BCUT2D eigenvalue weighted by molar-refractivity contribution is 0.486. The lowest BCUT2D eigenvalue weighted by Crippen LogP contribution is -1.76. The smallest absolute Gasteiger partial charge is 0.157 e. The number of fused-ring (bicyclic) bond motifs is 2. The number of nitrogen functional groups attached to an aromatic ring is 1. The van der Waals surface area contributed by atoms with Gasteiger partial charge < -0.3 is 15.8 Å². The topological polar surface area (TPSA) is 62.0 Å². The van der Waals surface area contributed by atoms with Crippen LogP contribution < -0.4 is 5.73 Å². The van der Waals surface area contributed by atoms with E-state index < -0.39 is 0 Å². The molecule has 4 heteroatoms. The minimum atomic E-state index is 0.202. The van der Waals surface area contributed by atoms with Crippen molar-refractivity contribution in [2.75, 3.05) is 5.73 Å². The van der Waals surface area contributed by atoms with E-state index in [2.05, 4.69) is 4.98 Å². The van der Waals surface area contributed by atoms with Gasteiger partial charge in [0.2, 0.25) is 0 Å². The number of aromatic amines is 1. The summed E-state index contributed by atoms with van der Waals surface area (Å²) < 4.78 is 1.01. The minimum absolute atomic E-state index is 0.202. The first-order chi connectivity index (χ1) is 6.75. The van der Waals surface area contributed by atoms with Gasteiger partial charge >= 0.3 is 0 Å². The molecule has 0 atom stereocenters. The van der Waals surface area contributed by atoms with Crippen molar-refractivity contribution < 1.29 is 5.11 Å². The summed E-state index contributed by atoms with van der Waals surface area (Å²) >= 11 is 1.40. The highest BCUT2D eigenvalue weighted by molar-refractivity contribution is 7.23. The first-order valence-corrected chi connectivity index (χ1v) is 5.05. The maximum atomic E-state index is 9.67. The lowest BCUT2D eigenvalue weighted by atomic mass is 10.2. The van der Waals surface area contributed by atoms with Gasteiger partial charge in [0.15, 0.2) is 5.75 Å². The molecule has 0 saturated heterocycles. The van der Waals surface area contributed by atoms with Crippen LogP contribution in [0.4, 0.5) is 5.00 Å². The Morgan fingerprint density at radius 1 is 1.36 bits per heavy atom. The van der Waals surface area contributed by atoms with Gasteiger partial charge in [0.05, 0.1) is 0 Å². The Morgan fingerprint density at radius 3 is 3.07 bits per heavy atom. The molecule has 3 nitrogen and oxygen atoms in total. The second-order valence-electron chi connectivity index (χ2n) is 3.23. The Hall–Kier alpha value is -1.68. The largest absolute Gasteiger partial charge is 0.504 e. The van der Waals surface area contributed by atoms with Gasteiger partial charge in [0.25, 0.3) is 0 Å². The first kappa shape index (κ1) is 7.70. The van der Waals surface area contributed by atoms with E-state index >= 15 is 0 Å². The van der Waals surface area contributed by atoms with Crippen LogP contribution in [-0.4, -0.2) is 10.1 Å². The SMILES string of the molecule is Nc1sc2cc3[nH]ccc3cc2c1O. The van der Waals surface area contributed by atoms with E-state index in [0.29, 0.717) is 5.00 Å². The molecule has 2 aromatic heterocycles. The third kappa shape index (κ3) is 0.858. The van der Waals surface area contributed by atoms with Crippen molar-refractivity contribution in [1.29, 1.82) is 0 Å². The fourth-order valence-corrected chi connectivity index (χ4v) is 2.54. The lowest BCUT2D eigenvalue weighted by Gasteiger charge is -1.92. The van der Waals surface area contributed by atoms with E-state index in [4.69, 9.17) is 5.73 Å². The Balaban J connectivity index is 2.56. The highest BCUT2D eigenvalue weighted by atomic mass is 32.1. The maximum Gasteiger partial charge on any atom is 0.157 e. The van der Waals surface area contributed by atoms with Crippen LogP contribution in [-0.2, 0) is 0 Å². The number of aromatic hydroxyl groups is 1. The van der Waals surface area contributed by atoms with Gasteiger partial charge in [0.1, 0.15) is 5.00 Å². The second-order valence-corrected chi connectivity index (χ2v) is 4.31. The molecule has 0 unspecified atom stereocenters. The average Bonchev–Trinajstić information content (AvgIpc) is 2.70. The first-order valence-electron chi connectivity index (χ1n) is 4.24. The molecule has 0 saturated carbocycles. The summed E-state index contributed by atoms with van der Waals surface area (Å²) in [6, 6.07) is 5.93. The van der Waals surface area contributed by atoms with E-state index in [0.717, 1.165) is 21.0 Å². The Kier molecular flexibility index (Phi) is 1.33. The minimum Gasteiger partial charge on any atom is -0.504 e. The highest BCUT2D eigenvalue weighted by Gasteiger charge is 2.09. The fraction of sp³-hybridized carbons (Fsp3) is 0. The zero-order chi connectivity index (χ0) is 9.71. The zero-order valence-corrected chi connectivity index (χ0v) is 8.06. The maximum absolute atomic E-state index is 9.67. The van der Waals surface area contributed by atoms with Gasteiger partial charge in [-0.2, -0.15) is 0 Å². The molecule has 1 aromatic carbocycles. The van der Waals surface area contributed by atoms with Crippen LogP contribution in [0.25, 0.3) is 21.0 Å². The normalized spacial score (nSPS) is 11.4. The molecular formula is C10H8N2OS. The predicted octanol–water partition coefficient (Wildman–Crippen LogP) is 2.67. The summed E-state index contributed by atoms with van der Waals surface area (Å²) in [5.41, 5.74) is 6.71. The van der Waals surface area contributed by atoms with Crippen LogP contribution in [0.2, 0.25) is 0 Å². The molecule has 0 fully saturated rings. The molecule has 2 heterocycles. The van der Waals surface area contributed by atoms with E-state index in [1.165, 1.54) is 11.3 Å². The van der Waals surface area contributed by atoms with E-state index in [-0.39, 0.29) is 5.75 Å². The fourth-order valence-electron chi connectivity index (χ4n) is 1.65. The molecule has 0 spiro atoms. The summed E-state index contributed by atoms with van der Waals surface area (Å²) in [6.45, 7) is 0. The standard InChI is InChI=1S/C10H8N2OS/c11-10-9(13)6-3-5-1-2-12-7(5)4-8(6)14-10/h1-4,12-13H,11H2. The molecule has 3 aromatic rings. The summed E-state index contributed by atoms with van der Waals surface area (Å²) in [6.07, 6.45) is 1.88. The van der Waals surface area contributed by atoms with Crippen molar-refractivity contribution in [2.45, 2.75) is 0 Å². The zero-order valence-electron chi connectivity index (χ0n) is 7.24. The molecule has 0 amide bonds. The molecule has 4 N–H and O–H groups in total. The van der Waals surface area contributed by atoms with E-state index in [1.54, 1.807) is 0 Å². The third-order valence-electron chi connectivity index (χ3n) is 2.36. The Bertz CT molecular complexity index is 623. The van der Waals surface area contributed by atoms with Crippen molar-refractivity contribution in [2.24, 2.45) is 0 Å². The molecule has 3 rings (SSSR count). The highest BCUT2D eigenvalue weighted by Crippen LogP contribution is 2.40. The number of aromatic nitrogens is 1. The predicted molar refractivity (Wildman–Crippen MR) is 59.8 cm³/mol. The number of benzene rings is 1. The van der Waals surface area contributed by atoms with Crippen LogP contribution in [0.1, 0.15) is 0 Å². The molecule has 0 aliphatic rings. The molecule has 0 aliphatic carbocycles. The third-order valence-corrected chi connectivity index (χ3v) is 3.33. The van der Waals surface area contributed by atoms with Crippen molar-refractivity contribution >= 4 is 37.3 Å². The van der Waals surface area contributed by atoms with Crippen LogP contribution in [0.3, 0.4) is 0 Å². The van der Waals surface area contributed by atoms with Crippen LogP contribution in [0.15, 0.2) is 24.4 Å². The molecule has 0 bridgehead atoms. The van der Waals surface area contributed by atoms with Crippen molar-refractivity contribution in [3.8, 4) is 5.75 Å². The van der Waals surface area contributed by atoms with Crippen LogP contribution in [0, 0.1) is 0 Å². The number of nitrogens with one attached hydrogen (secondary N) is 1. The number of nitrogens with two attached hydrogens (primary N) is 1. The van der Waals surface area contributed by atoms with Gasteiger partial charge in [-0.05, 0) is 18.2 Å². The summed E-state index contributed by atoms with van der Waals surface area (Å²) in [4.78, 5) is 3.12. The molecular weight excluding hydrogens is 196 g/mol. The molecule has 70 valence electrons. The Labute approximate surface area is 83.8 Å². The van der Waals surface area contributed by atoms with Gasteiger partial charge in [-0.15, -0.1) is 11.3 Å². The number of thiophene rings is 1. The van der Waals surface area contributed by atoms with Gasteiger partial charge in [-0.25, -0.2) is 0 Å². The summed E-state index contributed by atoms with van der Waals surface area (Å²) in [5, 5.41) is 12.1. The summed E-state index contributed by atoms with van der Waals surface area (Å²) in [7, 11) is 0. The Morgan fingerprint density at radius 2 is 2.21 bits per heavy atom. The molecule has 0 aliphatic heterocycles. The molecule has 14 heavy (non-hydrogen) atoms. The monoisotopic (exact) mass is 204 g/mol.